The molecule has 0 radical (unpaired) electrons. The quantitative estimate of drug-likeness (QED) is 0.734. The van der Waals surface area contributed by atoms with Gasteiger partial charge in [0.2, 0.25) is 0 Å². The largest absolute Gasteiger partial charge is 0.393 e. The minimum Gasteiger partial charge on any atom is -0.393 e. The molecule has 1 unspecified atom stereocenters. The van der Waals surface area contributed by atoms with Crippen LogP contribution in [0, 0.1) is 5.92 Å². The third-order valence-corrected chi connectivity index (χ3v) is 3.27. The summed E-state index contributed by atoms with van der Waals surface area (Å²) >= 11 is 0. The molecule has 84 valence electrons. The second-order valence-corrected chi connectivity index (χ2v) is 4.71. The van der Waals surface area contributed by atoms with E-state index in [2.05, 4.69) is 11.8 Å². The molecule has 1 heterocycles. The number of aliphatic hydroxyl groups excluding tert-OH is 1. The monoisotopic (exact) mass is 199 g/mol. The van der Waals surface area contributed by atoms with E-state index in [-0.39, 0.29) is 6.10 Å². The van der Waals surface area contributed by atoms with E-state index < -0.39 is 0 Å². The van der Waals surface area contributed by atoms with Crippen LogP contribution >= 0.6 is 0 Å². The summed E-state index contributed by atoms with van der Waals surface area (Å²) in [7, 11) is 0. The Morgan fingerprint density at radius 3 is 2.50 bits per heavy atom. The molecule has 1 atom stereocenters. The smallest absolute Gasteiger partial charge is 0.0524 e. The summed E-state index contributed by atoms with van der Waals surface area (Å²) in [6.45, 7) is 7.73. The van der Waals surface area contributed by atoms with Gasteiger partial charge in [-0.3, -0.25) is 0 Å². The highest BCUT2D eigenvalue weighted by Crippen LogP contribution is 2.21. The van der Waals surface area contributed by atoms with Gasteiger partial charge in [0, 0.05) is 6.54 Å². The van der Waals surface area contributed by atoms with E-state index in [0.717, 1.165) is 18.9 Å². The zero-order valence-corrected chi connectivity index (χ0v) is 9.71. The lowest BCUT2D eigenvalue weighted by molar-refractivity contribution is 0.131. The average Bonchev–Trinajstić information content (AvgIpc) is 2.17. The summed E-state index contributed by atoms with van der Waals surface area (Å²) in [6, 6.07) is 0. The summed E-state index contributed by atoms with van der Waals surface area (Å²) in [5.74, 6) is 0.975. The predicted octanol–water partition coefficient (Wildman–Crippen LogP) is 2.27. The van der Waals surface area contributed by atoms with Crippen LogP contribution in [0.5, 0.6) is 0 Å². The van der Waals surface area contributed by atoms with Gasteiger partial charge < -0.3 is 10.0 Å². The van der Waals surface area contributed by atoms with Crippen molar-refractivity contribution >= 4 is 0 Å². The Labute approximate surface area is 88.3 Å². The van der Waals surface area contributed by atoms with Crippen LogP contribution in [0.15, 0.2) is 0 Å². The van der Waals surface area contributed by atoms with Gasteiger partial charge in [0.25, 0.3) is 0 Å². The summed E-state index contributed by atoms with van der Waals surface area (Å²) in [4.78, 5) is 2.50. The maximum Gasteiger partial charge on any atom is 0.0524 e. The molecule has 0 bridgehead atoms. The maximum atomic E-state index is 9.19. The molecule has 0 amide bonds. The van der Waals surface area contributed by atoms with Crippen molar-refractivity contribution in [2.24, 2.45) is 5.92 Å². The molecular formula is C12H25NO. The van der Waals surface area contributed by atoms with E-state index in [4.69, 9.17) is 0 Å². The fraction of sp³-hybridized carbons (Fsp3) is 1.00. The summed E-state index contributed by atoms with van der Waals surface area (Å²) in [6.07, 6.45) is 6.27. The van der Waals surface area contributed by atoms with Crippen LogP contribution in [0.2, 0.25) is 0 Å². The first-order valence-electron chi connectivity index (χ1n) is 6.12. The molecule has 1 aliphatic heterocycles. The van der Waals surface area contributed by atoms with E-state index in [9.17, 15) is 5.11 Å². The Bertz CT molecular complexity index is 139. The average molecular weight is 199 g/mol. The van der Waals surface area contributed by atoms with Gasteiger partial charge in [0.1, 0.15) is 0 Å². The fourth-order valence-corrected chi connectivity index (χ4v) is 2.28. The highest BCUT2D eigenvalue weighted by molar-refractivity contribution is 4.72. The van der Waals surface area contributed by atoms with Crippen LogP contribution in [0.25, 0.3) is 0 Å². The molecule has 0 aromatic carbocycles. The van der Waals surface area contributed by atoms with Crippen LogP contribution in [0.1, 0.15) is 46.0 Å². The second kappa shape index (κ2) is 6.41. The number of rotatable bonds is 5. The molecular weight excluding hydrogens is 174 g/mol. The van der Waals surface area contributed by atoms with Gasteiger partial charge in [-0.25, -0.2) is 0 Å². The van der Waals surface area contributed by atoms with Gasteiger partial charge in [-0.2, -0.15) is 0 Å². The summed E-state index contributed by atoms with van der Waals surface area (Å²) in [5.41, 5.74) is 0. The van der Waals surface area contributed by atoms with Gasteiger partial charge in [0.15, 0.2) is 0 Å². The van der Waals surface area contributed by atoms with Crippen molar-refractivity contribution in [3.05, 3.63) is 0 Å². The van der Waals surface area contributed by atoms with Crippen molar-refractivity contribution in [2.45, 2.75) is 52.1 Å². The number of nitrogens with zero attached hydrogens (tertiary/aromatic N) is 1. The zero-order valence-electron chi connectivity index (χ0n) is 9.71. The van der Waals surface area contributed by atoms with Crippen molar-refractivity contribution in [3.8, 4) is 0 Å². The third-order valence-electron chi connectivity index (χ3n) is 3.27. The number of aliphatic hydroxyl groups is 1. The number of hydrogen-bond donors (Lipinski definition) is 1. The zero-order chi connectivity index (χ0) is 10.4. The Hall–Kier alpha value is -0.0800. The fourth-order valence-electron chi connectivity index (χ4n) is 2.28. The lowest BCUT2D eigenvalue weighted by Crippen LogP contribution is -2.35. The predicted molar refractivity (Wildman–Crippen MR) is 60.4 cm³/mol. The molecule has 0 spiro atoms. The first kappa shape index (κ1) is 12.0. The molecule has 0 aromatic rings. The van der Waals surface area contributed by atoms with E-state index in [1.165, 1.54) is 38.8 Å². The number of piperidine rings is 1. The molecule has 2 nitrogen and oxygen atoms in total. The molecule has 0 aromatic heterocycles. The van der Waals surface area contributed by atoms with E-state index in [1.54, 1.807) is 0 Å². The first-order valence-corrected chi connectivity index (χ1v) is 6.12. The van der Waals surface area contributed by atoms with Crippen molar-refractivity contribution in [1.29, 1.82) is 0 Å². The Morgan fingerprint density at radius 2 is 2.00 bits per heavy atom. The lowest BCUT2D eigenvalue weighted by Gasteiger charge is -2.32. The van der Waals surface area contributed by atoms with Crippen LogP contribution in [-0.2, 0) is 0 Å². The Balaban J connectivity index is 2.09. The third kappa shape index (κ3) is 4.43. The normalized spacial score (nSPS) is 22.5. The van der Waals surface area contributed by atoms with Crippen LogP contribution in [0.4, 0.5) is 0 Å². The Kier molecular flexibility index (Phi) is 5.49. The minimum atomic E-state index is -0.136. The summed E-state index contributed by atoms with van der Waals surface area (Å²) in [5, 5.41) is 9.19. The van der Waals surface area contributed by atoms with Crippen molar-refractivity contribution in [3.63, 3.8) is 0 Å². The second-order valence-electron chi connectivity index (χ2n) is 4.71. The molecule has 14 heavy (non-hydrogen) atoms. The number of likely N-dealkylation sites (tertiary alicyclic amines) is 1. The van der Waals surface area contributed by atoms with E-state index in [0.29, 0.717) is 0 Å². The highest BCUT2D eigenvalue weighted by atomic mass is 16.3. The highest BCUT2D eigenvalue weighted by Gasteiger charge is 2.18. The molecule has 0 aliphatic carbocycles. The molecule has 1 rings (SSSR count). The molecule has 1 N–H and O–H groups in total. The minimum absolute atomic E-state index is 0.136. The van der Waals surface area contributed by atoms with Gasteiger partial charge in [-0.15, -0.1) is 0 Å². The SMILES string of the molecule is CCCC1CCN(CCC(C)O)CC1. The molecule has 1 saturated heterocycles. The van der Waals surface area contributed by atoms with E-state index in [1.807, 2.05) is 6.92 Å². The summed E-state index contributed by atoms with van der Waals surface area (Å²) < 4.78 is 0. The van der Waals surface area contributed by atoms with Crippen molar-refractivity contribution in [2.75, 3.05) is 19.6 Å². The van der Waals surface area contributed by atoms with Crippen LogP contribution in [-0.4, -0.2) is 35.7 Å². The van der Waals surface area contributed by atoms with Crippen LogP contribution < -0.4 is 0 Å². The van der Waals surface area contributed by atoms with Gasteiger partial charge in [-0.05, 0) is 45.2 Å². The van der Waals surface area contributed by atoms with E-state index >= 15 is 0 Å². The van der Waals surface area contributed by atoms with Crippen LogP contribution in [0.3, 0.4) is 0 Å². The van der Waals surface area contributed by atoms with Gasteiger partial charge >= 0.3 is 0 Å². The van der Waals surface area contributed by atoms with Crippen molar-refractivity contribution < 1.29 is 5.11 Å². The first-order chi connectivity index (χ1) is 6.72. The van der Waals surface area contributed by atoms with Gasteiger partial charge in [-0.1, -0.05) is 19.8 Å². The molecule has 0 saturated carbocycles. The molecule has 1 fully saturated rings. The standard InChI is InChI=1S/C12H25NO/c1-3-4-12-6-9-13(10-7-12)8-5-11(2)14/h11-12,14H,3-10H2,1-2H3. The maximum absolute atomic E-state index is 9.19. The molecule has 1 aliphatic rings. The van der Waals surface area contributed by atoms with Crippen molar-refractivity contribution in [1.82, 2.24) is 4.90 Å². The van der Waals surface area contributed by atoms with Gasteiger partial charge in [0.05, 0.1) is 6.10 Å². The molecule has 2 heteroatoms. The number of hydrogen-bond acceptors (Lipinski definition) is 2. The topological polar surface area (TPSA) is 23.5 Å². The Morgan fingerprint density at radius 1 is 1.36 bits per heavy atom. The lowest BCUT2D eigenvalue weighted by atomic mass is 9.92.